The summed E-state index contributed by atoms with van der Waals surface area (Å²) in [6, 6.07) is 0.0215. The number of aromatic nitrogens is 3. The zero-order valence-electron chi connectivity index (χ0n) is 13.4. The highest BCUT2D eigenvalue weighted by Crippen LogP contribution is 2.22. The maximum absolute atomic E-state index is 12.7. The van der Waals surface area contributed by atoms with E-state index in [1.807, 2.05) is 6.92 Å². The van der Waals surface area contributed by atoms with Crippen LogP contribution in [0.3, 0.4) is 0 Å². The summed E-state index contributed by atoms with van der Waals surface area (Å²) in [5.41, 5.74) is 1.08. The molecule has 0 bridgehead atoms. The smallest absolute Gasteiger partial charge is 0.273 e. The molecule has 1 saturated heterocycles. The van der Waals surface area contributed by atoms with Gasteiger partial charge in [0, 0.05) is 43.3 Å². The van der Waals surface area contributed by atoms with E-state index in [0.29, 0.717) is 35.9 Å². The first kappa shape index (κ1) is 16.5. The molecule has 0 aliphatic carbocycles. The van der Waals surface area contributed by atoms with Crippen LogP contribution >= 0.6 is 11.3 Å². The molecule has 7 nitrogen and oxygen atoms in total. The number of hydrogen-bond donors (Lipinski definition) is 1. The number of carbonyl (C=O) groups is 2. The molecule has 3 rings (SSSR count). The van der Waals surface area contributed by atoms with Crippen molar-refractivity contribution in [1.29, 1.82) is 0 Å². The molecule has 2 aromatic heterocycles. The number of rotatable bonds is 4. The molecule has 1 unspecified atom stereocenters. The molecular formula is C16H19N5O2S. The SMILES string of the molecule is CCC(=O)NC1CCCN(C(=O)c2csc(-c3cnccn3)n2)C1. The van der Waals surface area contributed by atoms with Crippen LogP contribution in [0.1, 0.15) is 36.7 Å². The lowest BCUT2D eigenvalue weighted by Gasteiger charge is -2.32. The van der Waals surface area contributed by atoms with Crippen LogP contribution in [0.15, 0.2) is 24.0 Å². The molecule has 1 aliphatic heterocycles. The van der Waals surface area contributed by atoms with Gasteiger partial charge in [-0.1, -0.05) is 6.92 Å². The lowest BCUT2D eigenvalue weighted by molar-refractivity contribution is -0.121. The number of amides is 2. The van der Waals surface area contributed by atoms with Gasteiger partial charge in [0.25, 0.3) is 5.91 Å². The zero-order chi connectivity index (χ0) is 16.9. The summed E-state index contributed by atoms with van der Waals surface area (Å²) in [7, 11) is 0. The average Bonchev–Trinajstić information content (AvgIpc) is 3.12. The van der Waals surface area contributed by atoms with Crippen LogP contribution in [-0.4, -0.2) is 50.8 Å². The van der Waals surface area contributed by atoms with Crippen LogP contribution in [0, 0.1) is 0 Å². The van der Waals surface area contributed by atoms with Crippen molar-refractivity contribution in [2.45, 2.75) is 32.2 Å². The predicted octanol–water partition coefficient (Wildman–Crippen LogP) is 1.73. The van der Waals surface area contributed by atoms with Crippen LogP contribution < -0.4 is 5.32 Å². The van der Waals surface area contributed by atoms with E-state index in [-0.39, 0.29) is 17.9 Å². The van der Waals surface area contributed by atoms with Crippen molar-refractivity contribution < 1.29 is 9.59 Å². The van der Waals surface area contributed by atoms with Gasteiger partial charge < -0.3 is 10.2 Å². The van der Waals surface area contributed by atoms with Crippen molar-refractivity contribution in [3.63, 3.8) is 0 Å². The number of likely N-dealkylation sites (tertiary alicyclic amines) is 1. The fourth-order valence-corrected chi connectivity index (χ4v) is 3.42. The minimum absolute atomic E-state index is 0.0212. The first-order valence-corrected chi connectivity index (χ1v) is 8.86. The standard InChI is InChI=1S/C16H19N5O2S/c1-2-14(22)19-11-4-3-7-21(9-11)16(23)13-10-24-15(20-13)12-8-17-5-6-18-12/h5-6,8,10-11H,2-4,7,9H2,1H3,(H,19,22). The molecule has 2 aromatic rings. The van der Waals surface area contributed by atoms with Crippen molar-refractivity contribution in [3.05, 3.63) is 29.7 Å². The van der Waals surface area contributed by atoms with Crippen LogP contribution in [0.5, 0.6) is 0 Å². The van der Waals surface area contributed by atoms with E-state index in [1.165, 1.54) is 11.3 Å². The number of thiazole rings is 1. The van der Waals surface area contributed by atoms with Gasteiger partial charge >= 0.3 is 0 Å². The van der Waals surface area contributed by atoms with E-state index in [4.69, 9.17) is 0 Å². The third-order valence-electron chi connectivity index (χ3n) is 3.90. The molecule has 1 aliphatic rings. The number of nitrogens with zero attached hydrogens (tertiary/aromatic N) is 4. The number of hydrogen-bond acceptors (Lipinski definition) is 6. The Labute approximate surface area is 144 Å². The fourth-order valence-electron chi connectivity index (χ4n) is 2.67. The summed E-state index contributed by atoms with van der Waals surface area (Å²) in [4.78, 5) is 38.6. The van der Waals surface area contributed by atoms with Crippen LogP contribution in [-0.2, 0) is 4.79 Å². The Balaban J connectivity index is 1.68. The van der Waals surface area contributed by atoms with Crippen LogP contribution in [0.2, 0.25) is 0 Å². The van der Waals surface area contributed by atoms with Crippen molar-refractivity contribution in [2.75, 3.05) is 13.1 Å². The third-order valence-corrected chi connectivity index (χ3v) is 4.77. The molecule has 8 heteroatoms. The van der Waals surface area contributed by atoms with Crippen molar-refractivity contribution in [3.8, 4) is 10.7 Å². The Morgan fingerprint density at radius 1 is 1.42 bits per heavy atom. The minimum atomic E-state index is -0.100. The minimum Gasteiger partial charge on any atom is -0.352 e. The average molecular weight is 345 g/mol. The lowest BCUT2D eigenvalue weighted by atomic mass is 10.1. The van der Waals surface area contributed by atoms with Gasteiger partial charge in [-0.15, -0.1) is 11.3 Å². The predicted molar refractivity (Wildman–Crippen MR) is 90.5 cm³/mol. The summed E-state index contributed by atoms with van der Waals surface area (Å²) in [6.45, 7) is 3.04. The second kappa shape index (κ2) is 7.48. The molecule has 0 aromatic carbocycles. The zero-order valence-corrected chi connectivity index (χ0v) is 14.3. The molecule has 1 N–H and O–H groups in total. The van der Waals surface area contributed by atoms with Gasteiger partial charge in [0.05, 0.1) is 6.20 Å². The lowest BCUT2D eigenvalue weighted by Crippen LogP contribution is -2.49. The molecule has 0 radical (unpaired) electrons. The van der Waals surface area contributed by atoms with E-state index in [0.717, 1.165) is 12.8 Å². The Bertz CT molecular complexity index is 718. The molecule has 1 fully saturated rings. The summed E-state index contributed by atoms with van der Waals surface area (Å²) in [5.74, 6) is -0.0790. The number of carbonyl (C=O) groups excluding carboxylic acids is 2. The summed E-state index contributed by atoms with van der Waals surface area (Å²) in [5, 5.41) is 5.40. The first-order valence-electron chi connectivity index (χ1n) is 7.98. The quantitative estimate of drug-likeness (QED) is 0.912. The topological polar surface area (TPSA) is 88.1 Å². The van der Waals surface area contributed by atoms with Gasteiger partial charge in [0.1, 0.15) is 16.4 Å². The van der Waals surface area contributed by atoms with Crippen molar-refractivity contribution >= 4 is 23.2 Å². The Hall–Kier alpha value is -2.35. The molecule has 3 heterocycles. The molecule has 0 saturated carbocycles. The molecular weight excluding hydrogens is 326 g/mol. The normalized spacial score (nSPS) is 17.5. The van der Waals surface area contributed by atoms with Crippen molar-refractivity contribution in [1.82, 2.24) is 25.2 Å². The van der Waals surface area contributed by atoms with E-state index >= 15 is 0 Å². The molecule has 2 amide bonds. The highest BCUT2D eigenvalue weighted by atomic mass is 32.1. The third kappa shape index (κ3) is 3.76. The highest BCUT2D eigenvalue weighted by molar-refractivity contribution is 7.13. The fraction of sp³-hybridized carbons (Fsp3) is 0.438. The Morgan fingerprint density at radius 3 is 3.04 bits per heavy atom. The van der Waals surface area contributed by atoms with Gasteiger partial charge in [-0.3, -0.25) is 19.6 Å². The molecule has 24 heavy (non-hydrogen) atoms. The monoisotopic (exact) mass is 345 g/mol. The van der Waals surface area contributed by atoms with Crippen LogP contribution in [0.25, 0.3) is 10.7 Å². The molecule has 126 valence electrons. The van der Waals surface area contributed by atoms with E-state index in [2.05, 4.69) is 20.3 Å². The van der Waals surface area contributed by atoms with Gasteiger partial charge in [-0.25, -0.2) is 4.98 Å². The highest BCUT2D eigenvalue weighted by Gasteiger charge is 2.26. The summed E-state index contributed by atoms with van der Waals surface area (Å²) < 4.78 is 0. The van der Waals surface area contributed by atoms with E-state index in [9.17, 15) is 9.59 Å². The second-order valence-electron chi connectivity index (χ2n) is 5.64. The van der Waals surface area contributed by atoms with Gasteiger partial charge in [-0.2, -0.15) is 0 Å². The maximum Gasteiger partial charge on any atom is 0.273 e. The van der Waals surface area contributed by atoms with Gasteiger partial charge in [0.2, 0.25) is 5.91 Å². The van der Waals surface area contributed by atoms with Crippen molar-refractivity contribution in [2.24, 2.45) is 0 Å². The van der Waals surface area contributed by atoms with E-state index in [1.54, 1.807) is 28.9 Å². The summed E-state index contributed by atoms with van der Waals surface area (Å²) >= 11 is 1.38. The first-order chi connectivity index (χ1) is 11.7. The maximum atomic E-state index is 12.7. The van der Waals surface area contributed by atoms with E-state index < -0.39 is 0 Å². The van der Waals surface area contributed by atoms with Gasteiger partial charge in [0.15, 0.2) is 0 Å². The summed E-state index contributed by atoms with van der Waals surface area (Å²) in [6.07, 6.45) is 7.06. The Morgan fingerprint density at radius 2 is 2.29 bits per heavy atom. The Kier molecular flexibility index (Phi) is 5.14. The second-order valence-corrected chi connectivity index (χ2v) is 6.50. The largest absolute Gasteiger partial charge is 0.352 e. The number of nitrogens with one attached hydrogen (secondary N) is 1. The molecule has 1 atom stereocenters. The van der Waals surface area contributed by atoms with Gasteiger partial charge in [-0.05, 0) is 12.8 Å². The van der Waals surface area contributed by atoms with Crippen LogP contribution in [0.4, 0.5) is 0 Å². The number of piperidine rings is 1. The molecule has 0 spiro atoms.